The van der Waals surface area contributed by atoms with Gasteiger partial charge in [-0.25, -0.2) is 5.90 Å². The molecule has 0 radical (unpaired) electrons. The maximum absolute atomic E-state index is 11.1. The molecule has 11 heavy (non-hydrogen) atoms. The van der Waals surface area contributed by atoms with Crippen LogP contribution in [-0.4, -0.2) is 43.7 Å². The molecule has 0 saturated carbocycles. The Kier molecular flexibility index (Phi) is 3.28. The van der Waals surface area contributed by atoms with Gasteiger partial charge in [-0.05, 0) is 0 Å². The van der Waals surface area contributed by atoms with Crippen molar-refractivity contribution < 1.29 is 20.3 Å². The van der Waals surface area contributed by atoms with Crippen molar-refractivity contribution >= 4 is 5.91 Å². The summed E-state index contributed by atoms with van der Waals surface area (Å²) < 4.78 is 5.08. The maximum Gasteiger partial charge on any atom is 0.255 e. The Morgan fingerprint density at radius 1 is 1.55 bits per heavy atom. The second kappa shape index (κ2) is 4.27. The van der Waals surface area contributed by atoms with Gasteiger partial charge in [0.05, 0.1) is 13.2 Å². The molecule has 64 valence electrons. The Hall–Kier alpha value is -0.650. The summed E-state index contributed by atoms with van der Waals surface area (Å²) in [5.74, 6) is 3.13. The molecule has 1 aliphatic rings. The Morgan fingerprint density at radius 3 is 2.73 bits per heavy atom. The number of hydrogen-bond donors (Lipinski definition) is 1. The summed E-state index contributed by atoms with van der Waals surface area (Å²) in [5, 5.41) is 0. The van der Waals surface area contributed by atoms with Gasteiger partial charge in [-0.2, -0.15) is 4.84 Å². The van der Waals surface area contributed by atoms with E-state index in [0.29, 0.717) is 26.3 Å². The van der Waals surface area contributed by atoms with E-state index in [4.69, 9.17) is 4.74 Å². The van der Waals surface area contributed by atoms with Crippen LogP contribution in [0.3, 0.4) is 0 Å². The SMILES string of the molecule is [NH3+]OCC(=O)N1CCOCC1. The first-order chi connectivity index (χ1) is 5.34. The molecule has 1 aliphatic heterocycles. The quantitative estimate of drug-likeness (QED) is 0.477. The van der Waals surface area contributed by atoms with Crippen LogP contribution in [0.15, 0.2) is 0 Å². The number of rotatable bonds is 2. The fourth-order valence-corrected chi connectivity index (χ4v) is 0.991. The number of carbonyl (C=O) groups excluding carboxylic acids is 1. The van der Waals surface area contributed by atoms with Gasteiger partial charge < -0.3 is 9.64 Å². The third-order valence-corrected chi connectivity index (χ3v) is 1.59. The lowest BCUT2D eigenvalue weighted by Crippen LogP contribution is -2.53. The van der Waals surface area contributed by atoms with Crippen LogP contribution in [0.2, 0.25) is 0 Å². The first kappa shape index (κ1) is 8.45. The molecule has 0 aliphatic carbocycles. The molecular weight excluding hydrogens is 148 g/mol. The van der Waals surface area contributed by atoms with Crippen LogP contribution in [-0.2, 0) is 14.4 Å². The first-order valence-electron chi connectivity index (χ1n) is 3.57. The molecule has 0 aromatic carbocycles. The maximum atomic E-state index is 11.1. The number of morpholine rings is 1. The highest BCUT2D eigenvalue weighted by atomic mass is 16.6. The monoisotopic (exact) mass is 161 g/mol. The second-order valence-corrected chi connectivity index (χ2v) is 2.34. The lowest BCUT2D eigenvalue weighted by atomic mass is 10.4. The number of quaternary nitrogens is 1. The molecule has 0 unspecified atom stereocenters. The minimum absolute atomic E-state index is 0.0108. The highest BCUT2D eigenvalue weighted by molar-refractivity contribution is 5.77. The second-order valence-electron chi connectivity index (χ2n) is 2.34. The smallest absolute Gasteiger partial charge is 0.255 e. The van der Waals surface area contributed by atoms with Crippen molar-refractivity contribution in [3.8, 4) is 0 Å². The molecule has 5 heteroatoms. The van der Waals surface area contributed by atoms with Gasteiger partial charge in [-0.15, -0.1) is 0 Å². The Bertz CT molecular complexity index is 134. The van der Waals surface area contributed by atoms with E-state index in [-0.39, 0.29) is 12.5 Å². The summed E-state index contributed by atoms with van der Waals surface area (Å²) in [7, 11) is 0. The average molecular weight is 161 g/mol. The summed E-state index contributed by atoms with van der Waals surface area (Å²) in [6.07, 6.45) is 0. The highest BCUT2D eigenvalue weighted by Crippen LogP contribution is 1.96. The Balaban J connectivity index is 2.27. The van der Waals surface area contributed by atoms with E-state index in [9.17, 15) is 4.79 Å². The zero-order valence-electron chi connectivity index (χ0n) is 6.41. The number of ether oxygens (including phenoxy) is 1. The molecule has 0 atom stereocenters. The molecule has 1 rings (SSSR count). The third kappa shape index (κ3) is 2.45. The number of nitrogens with zero attached hydrogens (tertiary/aromatic N) is 1. The van der Waals surface area contributed by atoms with E-state index >= 15 is 0 Å². The highest BCUT2D eigenvalue weighted by Gasteiger charge is 2.16. The normalized spacial score (nSPS) is 18.5. The molecule has 0 bridgehead atoms. The van der Waals surface area contributed by atoms with Crippen molar-refractivity contribution in [1.29, 1.82) is 0 Å². The van der Waals surface area contributed by atoms with Gasteiger partial charge in [0.25, 0.3) is 5.91 Å². The van der Waals surface area contributed by atoms with Crippen molar-refractivity contribution in [3.05, 3.63) is 0 Å². The summed E-state index contributed by atoms with van der Waals surface area (Å²) >= 11 is 0. The van der Waals surface area contributed by atoms with E-state index < -0.39 is 0 Å². The molecule has 1 amide bonds. The van der Waals surface area contributed by atoms with Gasteiger partial charge in [0, 0.05) is 13.1 Å². The minimum Gasteiger partial charge on any atom is -0.378 e. The van der Waals surface area contributed by atoms with Gasteiger partial charge in [-0.3, -0.25) is 4.79 Å². The van der Waals surface area contributed by atoms with Gasteiger partial charge in [-0.1, -0.05) is 0 Å². The van der Waals surface area contributed by atoms with Gasteiger partial charge >= 0.3 is 0 Å². The first-order valence-corrected chi connectivity index (χ1v) is 3.57. The zero-order chi connectivity index (χ0) is 8.10. The van der Waals surface area contributed by atoms with Crippen molar-refractivity contribution in [1.82, 2.24) is 4.90 Å². The van der Waals surface area contributed by atoms with E-state index in [0.717, 1.165) is 0 Å². The molecule has 3 N–H and O–H groups in total. The van der Waals surface area contributed by atoms with Gasteiger partial charge in [0.2, 0.25) is 0 Å². The molecule has 5 nitrogen and oxygen atoms in total. The predicted octanol–water partition coefficient (Wildman–Crippen LogP) is -1.98. The molecule has 0 spiro atoms. The van der Waals surface area contributed by atoms with Gasteiger partial charge in [0.15, 0.2) is 6.61 Å². The molecule has 1 fully saturated rings. The van der Waals surface area contributed by atoms with Crippen LogP contribution < -0.4 is 5.90 Å². The molecule has 1 heterocycles. The largest absolute Gasteiger partial charge is 0.378 e. The summed E-state index contributed by atoms with van der Waals surface area (Å²) in [4.78, 5) is 17.3. The third-order valence-electron chi connectivity index (χ3n) is 1.59. The fraction of sp³-hybridized carbons (Fsp3) is 0.833. The van der Waals surface area contributed by atoms with Crippen LogP contribution in [0.25, 0.3) is 0 Å². The number of amides is 1. The van der Waals surface area contributed by atoms with Crippen molar-refractivity contribution in [2.24, 2.45) is 0 Å². The molecule has 0 aromatic heterocycles. The van der Waals surface area contributed by atoms with E-state index in [2.05, 4.69) is 10.7 Å². The van der Waals surface area contributed by atoms with Crippen LogP contribution in [0.4, 0.5) is 0 Å². The van der Waals surface area contributed by atoms with Crippen LogP contribution >= 0.6 is 0 Å². The number of hydrogen-bond acceptors (Lipinski definition) is 3. The van der Waals surface area contributed by atoms with Crippen molar-refractivity contribution in [2.45, 2.75) is 0 Å². The van der Waals surface area contributed by atoms with Crippen molar-refractivity contribution in [3.63, 3.8) is 0 Å². The molecule has 1 saturated heterocycles. The van der Waals surface area contributed by atoms with E-state index in [1.54, 1.807) is 4.90 Å². The molecule has 0 aromatic rings. The van der Waals surface area contributed by atoms with Crippen molar-refractivity contribution in [2.75, 3.05) is 32.9 Å². The lowest BCUT2D eigenvalue weighted by molar-refractivity contribution is -0.685. The average Bonchev–Trinajstić information content (AvgIpc) is 2.07. The fourth-order valence-electron chi connectivity index (χ4n) is 0.991. The van der Waals surface area contributed by atoms with Crippen LogP contribution in [0, 0.1) is 0 Å². The summed E-state index contributed by atoms with van der Waals surface area (Å²) in [6.45, 7) is 2.66. The van der Waals surface area contributed by atoms with E-state index in [1.807, 2.05) is 0 Å². The summed E-state index contributed by atoms with van der Waals surface area (Å²) in [6, 6.07) is 0. The Morgan fingerprint density at radius 2 is 2.18 bits per heavy atom. The Labute approximate surface area is 65.0 Å². The predicted molar refractivity (Wildman–Crippen MR) is 36.2 cm³/mol. The zero-order valence-corrected chi connectivity index (χ0v) is 6.41. The minimum atomic E-state index is -0.0108. The summed E-state index contributed by atoms with van der Waals surface area (Å²) in [5.41, 5.74) is 0. The molecular formula is C6H13N2O3+. The van der Waals surface area contributed by atoms with Crippen LogP contribution in [0.1, 0.15) is 0 Å². The number of carbonyl (C=O) groups is 1. The topological polar surface area (TPSA) is 66.4 Å². The standard InChI is InChI=1S/C6H13N2O3/c7-11-5-6(9)8-1-3-10-4-2-8/h1-5H2,7H3/q+1. The van der Waals surface area contributed by atoms with Crippen LogP contribution in [0.5, 0.6) is 0 Å². The van der Waals surface area contributed by atoms with Gasteiger partial charge in [0.1, 0.15) is 0 Å². The lowest BCUT2D eigenvalue weighted by Gasteiger charge is -2.25. The van der Waals surface area contributed by atoms with E-state index in [1.165, 1.54) is 0 Å².